The van der Waals surface area contributed by atoms with Gasteiger partial charge in [-0.1, -0.05) is 5.10 Å². The van der Waals surface area contributed by atoms with Gasteiger partial charge in [-0.2, -0.15) is 5.10 Å². The average Bonchev–Trinajstić information content (AvgIpc) is 3.19. The molecule has 0 atom stereocenters. The first-order valence-electron chi connectivity index (χ1n) is 8.27. The lowest BCUT2D eigenvalue weighted by Crippen LogP contribution is -2.00. The summed E-state index contributed by atoms with van der Waals surface area (Å²) in [6, 6.07) is 5.94. The Labute approximate surface area is 154 Å². The highest BCUT2D eigenvalue weighted by Crippen LogP contribution is 2.35. The first kappa shape index (κ1) is 16.6. The van der Waals surface area contributed by atoms with Crippen LogP contribution < -0.4 is 19.5 Å². The van der Waals surface area contributed by atoms with E-state index in [1.807, 2.05) is 31.4 Å². The van der Waals surface area contributed by atoms with Gasteiger partial charge in [-0.05, 0) is 29.5 Å². The number of nitrogens with zero attached hydrogens (tertiary/aromatic N) is 4. The average molecular weight is 373 g/mol. The lowest BCUT2D eigenvalue weighted by atomic mass is 10.1. The highest BCUT2D eigenvalue weighted by molar-refractivity contribution is 7.16. The van der Waals surface area contributed by atoms with Crippen molar-refractivity contribution in [2.45, 2.75) is 13.0 Å². The number of ether oxygens (including phenoxy) is 3. The van der Waals surface area contributed by atoms with Crippen LogP contribution in [-0.2, 0) is 13.6 Å². The molecule has 136 valence electrons. The van der Waals surface area contributed by atoms with Crippen molar-refractivity contribution in [1.82, 2.24) is 20.0 Å². The fourth-order valence-corrected chi connectivity index (χ4v) is 3.31. The quantitative estimate of drug-likeness (QED) is 0.736. The lowest BCUT2D eigenvalue weighted by molar-refractivity contribution is 0.297. The zero-order valence-electron chi connectivity index (χ0n) is 14.6. The highest BCUT2D eigenvalue weighted by atomic mass is 32.1. The fourth-order valence-electron chi connectivity index (χ4n) is 2.76. The van der Waals surface area contributed by atoms with Crippen molar-refractivity contribution in [3.63, 3.8) is 0 Å². The SMILES string of the molecule is COc1nnc(NCc2cn(C)nc2-c2ccc3c(c2)OCCCO3)s1. The number of anilines is 1. The summed E-state index contributed by atoms with van der Waals surface area (Å²) in [6.07, 6.45) is 2.87. The molecule has 0 amide bonds. The van der Waals surface area contributed by atoms with Gasteiger partial charge in [0.05, 0.1) is 26.0 Å². The van der Waals surface area contributed by atoms with E-state index < -0.39 is 0 Å². The number of nitrogens with one attached hydrogen (secondary N) is 1. The van der Waals surface area contributed by atoms with Crippen LogP contribution in [0.5, 0.6) is 16.7 Å². The second kappa shape index (κ2) is 7.20. The zero-order valence-corrected chi connectivity index (χ0v) is 15.4. The van der Waals surface area contributed by atoms with Crippen molar-refractivity contribution in [2.24, 2.45) is 7.05 Å². The van der Waals surface area contributed by atoms with Gasteiger partial charge in [-0.15, -0.1) is 5.10 Å². The van der Waals surface area contributed by atoms with Crippen LogP contribution in [0.3, 0.4) is 0 Å². The van der Waals surface area contributed by atoms with Crippen LogP contribution in [0.25, 0.3) is 11.3 Å². The van der Waals surface area contributed by atoms with Crippen LogP contribution in [-0.4, -0.2) is 40.3 Å². The number of hydrogen-bond acceptors (Lipinski definition) is 8. The molecule has 0 bridgehead atoms. The Kier molecular flexibility index (Phi) is 4.61. The van der Waals surface area contributed by atoms with Crippen molar-refractivity contribution in [3.8, 4) is 28.0 Å². The van der Waals surface area contributed by atoms with E-state index in [0.29, 0.717) is 30.1 Å². The Morgan fingerprint density at radius 1 is 1.23 bits per heavy atom. The van der Waals surface area contributed by atoms with Gasteiger partial charge < -0.3 is 19.5 Å². The molecule has 0 aliphatic carbocycles. The Bertz CT molecular complexity index is 908. The summed E-state index contributed by atoms with van der Waals surface area (Å²) in [6.45, 7) is 1.92. The molecule has 0 fully saturated rings. The third-order valence-corrected chi connectivity index (χ3v) is 4.78. The van der Waals surface area contributed by atoms with Gasteiger partial charge in [0, 0.05) is 37.3 Å². The zero-order chi connectivity index (χ0) is 17.9. The highest BCUT2D eigenvalue weighted by Gasteiger charge is 2.16. The number of methoxy groups -OCH3 is 1. The summed E-state index contributed by atoms with van der Waals surface area (Å²) in [5.74, 6) is 1.54. The molecular formula is C17H19N5O3S. The maximum Gasteiger partial charge on any atom is 0.295 e. The summed E-state index contributed by atoms with van der Waals surface area (Å²) in [4.78, 5) is 0. The minimum atomic E-state index is 0.529. The van der Waals surface area contributed by atoms with Crippen molar-refractivity contribution in [2.75, 3.05) is 25.6 Å². The molecule has 9 heteroatoms. The molecule has 26 heavy (non-hydrogen) atoms. The molecule has 0 unspecified atom stereocenters. The molecule has 1 N–H and O–H groups in total. The molecule has 1 aromatic carbocycles. The maximum atomic E-state index is 5.80. The molecule has 0 saturated heterocycles. The molecule has 0 saturated carbocycles. The van der Waals surface area contributed by atoms with Gasteiger partial charge in [0.2, 0.25) is 5.13 Å². The molecule has 3 aromatic rings. The van der Waals surface area contributed by atoms with Crippen molar-refractivity contribution in [1.29, 1.82) is 0 Å². The summed E-state index contributed by atoms with van der Waals surface area (Å²) >= 11 is 1.36. The molecule has 1 aliphatic rings. The minimum Gasteiger partial charge on any atom is -0.490 e. The normalized spacial score (nSPS) is 13.3. The predicted octanol–water partition coefficient (Wildman–Crippen LogP) is 2.72. The first-order chi connectivity index (χ1) is 12.7. The Morgan fingerprint density at radius 2 is 2.08 bits per heavy atom. The number of fused-ring (bicyclic) bond motifs is 1. The van der Waals surface area contributed by atoms with Crippen LogP contribution in [0.2, 0.25) is 0 Å². The molecule has 2 aromatic heterocycles. The van der Waals surface area contributed by atoms with Crippen LogP contribution in [0, 0.1) is 0 Å². The predicted molar refractivity (Wildman–Crippen MR) is 98.0 cm³/mol. The van der Waals surface area contributed by atoms with Gasteiger partial charge >= 0.3 is 0 Å². The van der Waals surface area contributed by atoms with Crippen LogP contribution in [0.1, 0.15) is 12.0 Å². The molecule has 3 heterocycles. The van der Waals surface area contributed by atoms with Crippen molar-refractivity contribution < 1.29 is 14.2 Å². The largest absolute Gasteiger partial charge is 0.490 e. The summed E-state index contributed by atoms with van der Waals surface area (Å²) < 4.78 is 18.4. The number of hydrogen-bond donors (Lipinski definition) is 1. The van der Waals surface area contributed by atoms with Crippen molar-refractivity contribution >= 4 is 16.5 Å². The number of benzene rings is 1. The fraction of sp³-hybridized carbons (Fsp3) is 0.353. The smallest absolute Gasteiger partial charge is 0.295 e. The van der Waals surface area contributed by atoms with Gasteiger partial charge in [0.25, 0.3) is 5.19 Å². The number of aryl methyl sites for hydroxylation is 1. The summed E-state index contributed by atoms with van der Waals surface area (Å²) in [5.41, 5.74) is 2.93. The Balaban J connectivity index is 1.58. The van der Waals surface area contributed by atoms with E-state index in [1.54, 1.807) is 11.8 Å². The van der Waals surface area contributed by atoms with Gasteiger partial charge in [-0.25, -0.2) is 0 Å². The minimum absolute atomic E-state index is 0.529. The molecule has 0 spiro atoms. The van der Waals surface area contributed by atoms with E-state index in [4.69, 9.17) is 14.2 Å². The Hall–Kier alpha value is -2.81. The van der Waals surface area contributed by atoms with E-state index in [2.05, 4.69) is 20.6 Å². The van der Waals surface area contributed by atoms with Gasteiger partial charge in [0.15, 0.2) is 11.5 Å². The van der Waals surface area contributed by atoms with Crippen LogP contribution >= 0.6 is 11.3 Å². The third kappa shape index (κ3) is 3.43. The Morgan fingerprint density at radius 3 is 2.88 bits per heavy atom. The van der Waals surface area contributed by atoms with Crippen LogP contribution in [0.15, 0.2) is 24.4 Å². The van der Waals surface area contributed by atoms with E-state index in [1.165, 1.54) is 11.3 Å². The monoisotopic (exact) mass is 373 g/mol. The van der Waals surface area contributed by atoms with Crippen molar-refractivity contribution in [3.05, 3.63) is 30.0 Å². The van der Waals surface area contributed by atoms with E-state index in [-0.39, 0.29) is 0 Å². The maximum absolute atomic E-state index is 5.80. The van der Waals surface area contributed by atoms with Crippen LogP contribution in [0.4, 0.5) is 5.13 Å². The van der Waals surface area contributed by atoms with E-state index in [9.17, 15) is 0 Å². The number of aromatic nitrogens is 4. The lowest BCUT2D eigenvalue weighted by Gasteiger charge is -2.09. The summed E-state index contributed by atoms with van der Waals surface area (Å²) in [7, 11) is 3.48. The number of rotatable bonds is 5. The molecule has 4 rings (SSSR count). The second-order valence-corrected chi connectivity index (χ2v) is 6.76. The molecule has 1 aliphatic heterocycles. The molecular weight excluding hydrogens is 354 g/mol. The van der Waals surface area contributed by atoms with Gasteiger partial charge in [-0.3, -0.25) is 4.68 Å². The summed E-state index contributed by atoms with van der Waals surface area (Å²) in [5, 5.41) is 17.1. The van der Waals surface area contributed by atoms with E-state index >= 15 is 0 Å². The first-order valence-corrected chi connectivity index (χ1v) is 9.08. The molecule has 8 nitrogen and oxygen atoms in total. The standard InChI is InChI=1S/C17H19N5O3S/c1-22-10-12(9-18-16-19-20-17(23-2)26-16)15(21-22)11-4-5-13-14(8-11)25-7-3-6-24-13/h4-5,8,10H,3,6-7,9H2,1-2H3,(H,18,19). The molecule has 0 radical (unpaired) electrons. The third-order valence-electron chi connectivity index (χ3n) is 3.94. The van der Waals surface area contributed by atoms with Gasteiger partial charge in [0.1, 0.15) is 0 Å². The second-order valence-electron chi connectivity index (χ2n) is 5.82. The van der Waals surface area contributed by atoms with E-state index in [0.717, 1.165) is 34.7 Å². The topological polar surface area (TPSA) is 83.3 Å².